The Bertz CT molecular complexity index is 1710. The van der Waals surface area contributed by atoms with Gasteiger partial charge in [-0.1, -0.05) is 0 Å². The van der Waals surface area contributed by atoms with E-state index in [2.05, 4.69) is 4.98 Å². The molecule has 0 amide bonds. The molecule has 0 fully saturated rings. The minimum atomic E-state index is -1.34. The number of nitrogens with two attached hydrogens (primary N) is 2. The number of nitrogens with zero attached hydrogens (tertiary/aromatic N) is 5. The molecule has 9 nitrogen and oxygen atoms in total. The van der Waals surface area contributed by atoms with Crippen molar-refractivity contribution in [1.82, 2.24) is 14.1 Å². The molecule has 0 atom stereocenters. The maximum atomic E-state index is 14.2. The molecular formula is C24H17F4N7O2. The Hall–Kier alpha value is -4.96. The molecule has 0 radical (unpaired) electrons. The molecule has 2 aromatic carbocycles. The zero-order chi connectivity index (χ0) is 27.0. The van der Waals surface area contributed by atoms with Crippen LogP contribution in [0.15, 0.2) is 58.4 Å². The Kier molecular flexibility index (Phi) is 6.52. The minimum Gasteiger partial charge on any atom is -0.397 e. The highest BCUT2D eigenvalue weighted by Gasteiger charge is 2.27. The summed E-state index contributed by atoms with van der Waals surface area (Å²) < 4.78 is 57.2. The van der Waals surface area contributed by atoms with E-state index >= 15 is 0 Å². The van der Waals surface area contributed by atoms with Gasteiger partial charge in [0.2, 0.25) is 0 Å². The quantitative estimate of drug-likeness (QED) is 0.182. The van der Waals surface area contributed by atoms with Crippen LogP contribution >= 0.6 is 0 Å². The maximum absolute atomic E-state index is 14.2. The largest absolute Gasteiger partial charge is 0.397 e. The first-order valence-corrected chi connectivity index (χ1v) is 10.5. The predicted octanol–water partition coefficient (Wildman–Crippen LogP) is 3.04. The van der Waals surface area contributed by atoms with Gasteiger partial charge in [0, 0.05) is 23.9 Å². The number of anilines is 3. The highest BCUT2D eigenvalue weighted by Crippen LogP contribution is 2.34. The number of pyridine rings is 1. The Balaban J connectivity index is 2.19. The summed E-state index contributed by atoms with van der Waals surface area (Å²) in [4.78, 5) is 31.3. The molecule has 0 bridgehead atoms. The number of aryl methyl sites for hydroxylation is 1. The standard InChI is InChI=1S/C24H17F4N7O2/c1-12-6-14(11-32-10-12)34-23(36)22(35(31)20-9-18(28)17(27)8-19(20)30)21(33(5-4-29)24(34)37)13-2-3-15(25)16(26)7-13/h2-3,6-11H,5,30-31H2,1H3. The second-order valence-corrected chi connectivity index (χ2v) is 7.91. The van der Waals surface area contributed by atoms with Crippen molar-refractivity contribution in [2.75, 3.05) is 10.7 Å². The van der Waals surface area contributed by atoms with Crippen molar-refractivity contribution < 1.29 is 17.6 Å². The van der Waals surface area contributed by atoms with Crippen LogP contribution < -0.4 is 27.8 Å². The van der Waals surface area contributed by atoms with Gasteiger partial charge in [-0.25, -0.2) is 32.8 Å². The topological polar surface area (TPSA) is 136 Å². The summed E-state index contributed by atoms with van der Waals surface area (Å²) >= 11 is 0. The van der Waals surface area contributed by atoms with Gasteiger partial charge in [0.25, 0.3) is 5.56 Å². The molecule has 0 aliphatic carbocycles. The summed E-state index contributed by atoms with van der Waals surface area (Å²) in [5, 5.41) is 10.0. The first-order valence-electron chi connectivity index (χ1n) is 10.5. The van der Waals surface area contributed by atoms with Crippen molar-refractivity contribution in [3.63, 3.8) is 0 Å². The van der Waals surface area contributed by atoms with Crippen molar-refractivity contribution >= 4 is 17.1 Å². The number of nitrogen functional groups attached to an aromatic ring is 1. The van der Waals surface area contributed by atoms with Crippen molar-refractivity contribution in [3.05, 3.63) is 98.5 Å². The summed E-state index contributed by atoms with van der Waals surface area (Å²) in [5.41, 5.74) is 2.39. The zero-order valence-corrected chi connectivity index (χ0v) is 19.0. The van der Waals surface area contributed by atoms with E-state index in [1.807, 2.05) is 0 Å². The second-order valence-electron chi connectivity index (χ2n) is 7.91. The number of hydrogen-bond acceptors (Lipinski definition) is 7. The van der Waals surface area contributed by atoms with Gasteiger partial charge in [-0.05, 0) is 36.8 Å². The highest BCUT2D eigenvalue weighted by atomic mass is 19.2. The van der Waals surface area contributed by atoms with E-state index in [0.717, 1.165) is 16.7 Å². The van der Waals surface area contributed by atoms with Crippen molar-refractivity contribution in [1.29, 1.82) is 5.26 Å². The summed E-state index contributed by atoms with van der Waals surface area (Å²) in [5.74, 6) is 1.04. The lowest BCUT2D eigenvalue weighted by Gasteiger charge is -2.25. The molecule has 0 spiro atoms. The van der Waals surface area contributed by atoms with Crippen LogP contribution in [0.25, 0.3) is 16.9 Å². The van der Waals surface area contributed by atoms with Crippen molar-refractivity contribution in [3.8, 4) is 23.0 Å². The molecule has 188 valence electrons. The normalized spacial score (nSPS) is 10.8. The molecule has 0 saturated carbocycles. The predicted molar refractivity (Wildman–Crippen MR) is 127 cm³/mol. The summed E-state index contributed by atoms with van der Waals surface area (Å²) in [6.45, 7) is 1.00. The van der Waals surface area contributed by atoms with Crippen molar-refractivity contribution in [2.24, 2.45) is 5.84 Å². The second kappa shape index (κ2) is 9.59. The maximum Gasteiger partial charge on any atom is 0.337 e. The van der Waals surface area contributed by atoms with E-state index in [4.69, 9.17) is 11.6 Å². The third kappa shape index (κ3) is 4.41. The first-order chi connectivity index (χ1) is 17.5. The molecule has 4 rings (SSSR count). The molecule has 13 heteroatoms. The third-order valence-corrected chi connectivity index (χ3v) is 5.43. The molecule has 2 heterocycles. The number of aromatic nitrogens is 3. The number of hydrazine groups is 1. The van der Waals surface area contributed by atoms with Gasteiger partial charge in [-0.15, -0.1) is 0 Å². The first kappa shape index (κ1) is 25.1. The average Bonchev–Trinajstić information content (AvgIpc) is 2.84. The van der Waals surface area contributed by atoms with Crippen LogP contribution in [0.5, 0.6) is 0 Å². The summed E-state index contributed by atoms with van der Waals surface area (Å²) in [6, 6.07) is 7.00. The van der Waals surface area contributed by atoms with Gasteiger partial charge >= 0.3 is 5.69 Å². The third-order valence-electron chi connectivity index (χ3n) is 5.43. The number of hydrogen-bond donors (Lipinski definition) is 2. The number of rotatable bonds is 5. The summed E-state index contributed by atoms with van der Waals surface area (Å²) in [7, 11) is 0. The molecule has 4 aromatic rings. The lowest BCUT2D eigenvalue weighted by Crippen LogP contribution is -2.44. The van der Waals surface area contributed by atoms with E-state index < -0.39 is 46.8 Å². The zero-order valence-electron chi connectivity index (χ0n) is 19.0. The Morgan fingerprint density at radius 1 is 1.00 bits per heavy atom. The lowest BCUT2D eigenvalue weighted by atomic mass is 10.1. The Morgan fingerprint density at radius 3 is 2.32 bits per heavy atom. The van der Waals surface area contributed by atoms with Gasteiger partial charge in [-0.3, -0.25) is 19.4 Å². The van der Waals surface area contributed by atoms with Crippen molar-refractivity contribution in [2.45, 2.75) is 13.5 Å². The Morgan fingerprint density at radius 2 is 1.68 bits per heavy atom. The van der Waals surface area contributed by atoms with Crippen LogP contribution in [0.2, 0.25) is 0 Å². The molecule has 37 heavy (non-hydrogen) atoms. The average molecular weight is 511 g/mol. The minimum absolute atomic E-state index is 0.00596. The highest BCUT2D eigenvalue weighted by molar-refractivity contribution is 5.82. The van der Waals surface area contributed by atoms with Crippen LogP contribution in [-0.2, 0) is 6.54 Å². The van der Waals surface area contributed by atoms with Crippen LogP contribution in [0.4, 0.5) is 34.6 Å². The SMILES string of the molecule is Cc1cncc(-n2c(=O)c(N(N)c3cc(F)c(F)cc3N)c(-c3ccc(F)c(F)c3)n(CC#N)c2=O)c1. The number of halogens is 4. The van der Waals surface area contributed by atoms with Gasteiger partial charge < -0.3 is 5.73 Å². The molecule has 4 N–H and O–H groups in total. The van der Waals surface area contributed by atoms with E-state index in [0.29, 0.717) is 33.3 Å². The number of nitriles is 1. The lowest BCUT2D eigenvalue weighted by molar-refractivity contribution is 0.509. The molecular weight excluding hydrogens is 494 g/mol. The fourth-order valence-electron chi connectivity index (χ4n) is 3.78. The van der Waals surface area contributed by atoms with E-state index in [1.54, 1.807) is 13.0 Å². The van der Waals surface area contributed by atoms with Crippen LogP contribution in [-0.4, -0.2) is 14.1 Å². The fraction of sp³-hybridized carbons (Fsp3) is 0.0833. The molecule has 0 aliphatic rings. The molecule has 0 saturated heterocycles. The van der Waals surface area contributed by atoms with Crippen LogP contribution in [0, 0.1) is 41.5 Å². The van der Waals surface area contributed by atoms with Gasteiger partial charge in [0.15, 0.2) is 23.3 Å². The van der Waals surface area contributed by atoms with Gasteiger partial charge in [0.1, 0.15) is 12.2 Å². The molecule has 0 unspecified atom stereocenters. The van der Waals surface area contributed by atoms with E-state index in [9.17, 15) is 32.4 Å². The van der Waals surface area contributed by atoms with E-state index in [1.165, 1.54) is 18.5 Å². The summed E-state index contributed by atoms with van der Waals surface area (Å²) in [6.07, 6.45) is 2.68. The van der Waals surface area contributed by atoms with Crippen LogP contribution in [0.3, 0.4) is 0 Å². The van der Waals surface area contributed by atoms with Gasteiger partial charge in [0.05, 0.1) is 35.0 Å². The smallest absolute Gasteiger partial charge is 0.337 e. The van der Waals surface area contributed by atoms with Gasteiger partial charge in [-0.2, -0.15) is 5.26 Å². The fourth-order valence-corrected chi connectivity index (χ4v) is 3.78. The molecule has 0 aliphatic heterocycles. The Labute approximate surface area is 206 Å². The monoisotopic (exact) mass is 511 g/mol. The van der Waals surface area contributed by atoms with E-state index in [-0.39, 0.29) is 28.3 Å². The van der Waals surface area contributed by atoms with Crippen LogP contribution in [0.1, 0.15) is 5.56 Å². The number of benzene rings is 2. The molecule has 2 aromatic heterocycles.